The van der Waals surface area contributed by atoms with Gasteiger partial charge in [-0.05, 0) is 24.6 Å². The first-order valence-corrected chi connectivity index (χ1v) is 6.68. The van der Waals surface area contributed by atoms with E-state index in [2.05, 4.69) is 0 Å². The molecule has 0 heterocycles. The fourth-order valence-corrected chi connectivity index (χ4v) is 1.84. The van der Waals surface area contributed by atoms with Gasteiger partial charge in [-0.1, -0.05) is 23.7 Å². The van der Waals surface area contributed by atoms with Gasteiger partial charge in [0.05, 0.1) is 25.9 Å². The summed E-state index contributed by atoms with van der Waals surface area (Å²) < 4.78 is 15.5. The van der Waals surface area contributed by atoms with Crippen LogP contribution < -0.4 is 0 Å². The number of ether oxygens (including phenoxy) is 3. The lowest BCUT2D eigenvalue weighted by Gasteiger charge is -2.17. The molecule has 0 aliphatic rings. The summed E-state index contributed by atoms with van der Waals surface area (Å²) in [6.45, 7) is 2.08. The van der Waals surface area contributed by atoms with Gasteiger partial charge in [0, 0.05) is 18.6 Å². The average molecular weight is 299 g/mol. The number of hydrogen-bond acceptors (Lipinski definition) is 4. The molecule has 4 nitrogen and oxygen atoms in total. The molecule has 0 N–H and O–H groups in total. The van der Waals surface area contributed by atoms with E-state index in [1.807, 2.05) is 12.1 Å². The standard InChI is InChI=1S/C15H19ClO4/c1-4-20-15(17)10-13(18-2)9-14(19-3)11-5-7-12(16)8-6-11/h5-8,10,14H,4,9H2,1-3H3/b13-10+. The zero-order valence-corrected chi connectivity index (χ0v) is 12.6. The Morgan fingerprint density at radius 2 is 1.95 bits per heavy atom. The Morgan fingerprint density at radius 3 is 2.45 bits per heavy atom. The van der Waals surface area contributed by atoms with Crippen molar-refractivity contribution in [3.8, 4) is 0 Å². The smallest absolute Gasteiger partial charge is 0.334 e. The summed E-state index contributed by atoms with van der Waals surface area (Å²) in [6.07, 6.45) is 1.56. The number of carbonyl (C=O) groups is 1. The van der Waals surface area contributed by atoms with Gasteiger partial charge in [-0.15, -0.1) is 0 Å². The van der Waals surface area contributed by atoms with Gasteiger partial charge in [-0.2, -0.15) is 0 Å². The molecule has 20 heavy (non-hydrogen) atoms. The Hall–Kier alpha value is -1.52. The third-order valence-corrected chi connectivity index (χ3v) is 2.99. The van der Waals surface area contributed by atoms with E-state index in [0.717, 1.165) is 5.56 Å². The Kier molecular flexibility index (Phi) is 7.12. The maximum Gasteiger partial charge on any atom is 0.334 e. The first-order chi connectivity index (χ1) is 9.60. The van der Waals surface area contributed by atoms with Crippen LogP contribution in [0.25, 0.3) is 0 Å². The topological polar surface area (TPSA) is 44.8 Å². The van der Waals surface area contributed by atoms with E-state index in [0.29, 0.717) is 23.8 Å². The second-order valence-corrected chi connectivity index (χ2v) is 4.48. The molecule has 5 heteroatoms. The molecule has 0 radical (unpaired) electrons. The molecule has 0 aliphatic carbocycles. The number of methoxy groups -OCH3 is 2. The summed E-state index contributed by atoms with van der Waals surface area (Å²) in [5.74, 6) is 0.0839. The van der Waals surface area contributed by atoms with Gasteiger partial charge in [0.2, 0.25) is 0 Å². The van der Waals surface area contributed by atoms with Crippen LogP contribution in [-0.4, -0.2) is 26.8 Å². The Morgan fingerprint density at radius 1 is 1.30 bits per heavy atom. The van der Waals surface area contributed by atoms with E-state index in [9.17, 15) is 4.79 Å². The fraction of sp³-hybridized carbons (Fsp3) is 0.400. The molecule has 1 rings (SSSR count). The normalized spacial score (nSPS) is 12.9. The van der Waals surface area contributed by atoms with Crippen molar-refractivity contribution in [2.75, 3.05) is 20.8 Å². The molecule has 0 aromatic heterocycles. The molecule has 110 valence electrons. The monoisotopic (exact) mass is 298 g/mol. The van der Waals surface area contributed by atoms with Crippen LogP contribution in [0.5, 0.6) is 0 Å². The highest BCUT2D eigenvalue weighted by Crippen LogP contribution is 2.25. The molecule has 1 aromatic rings. The lowest BCUT2D eigenvalue weighted by Crippen LogP contribution is -2.07. The molecule has 0 aliphatic heterocycles. The highest BCUT2D eigenvalue weighted by molar-refractivity contribution is 6.30. The van der Waals surface area contributed by atoms with Gasteiger partial charge < -0.3 is 14.2 Å². The molecule has 1 unspecified atom stereocenters. The number of halogens is 1. The minimum Gasteiger partial charge on any atom is -0.501 e. The summed E-state index contributed by atoms with van der Waals surface area (Å²) in [4.78, 5) is 11.4. The minimum atomic E-state index is -0.421. The van der Waals surface area contributed by atoms with Crippen LogP contribution in [-0.2, 0) is 19.0 Å². The summed E-state index contributed by atoms with van der Waals surface area (Å²) in [5, 5.41) is 0.664. The van der Waals surface area contributed by atoms with Crippen LogP contribution in [0, 0.1) is 0 Å². The molecular weight excluding hydrogens is 280 g/mol. The highest BCUT2D eigenvalue weighted by atomic mass is 35.5. The van der Waals surface area contributed by atoms with E-state index < -0.39 is 5.97 Å². The molecule has 0 amide bonds. The SMILES string of the molecule is CCOC(=O)/C=C(\CC(OC)c1ccc(Cl)cc1)OC. The summed E-state index contributed by atoms with van der Waals surface area (Å²) in [6, 6.07) is 7.36. The molecule has 0 saturated heterocycles. The van der Waals surface area contributed by atoms with Crippen molar-refractivity contribution < 1.29 is 19.0 Å². The maximum atomic E-state index is 11.4. The van der Waals surface area contributed by atoms with E-state index in [-0.39, 0.29) is 6.10 Å². The number of esters is 1. The molecule has 0 fully saturated rings. The van der Waals surface area contributed by atoms with Crippen molar-refractivity contribution in [3.05, 3.63) is 46.7 Å². The number of rotatable bonds is 7. The lowest BCUT2D eigenvalue weighted by molar-refractivity contribution is -0.137. The predicted molar refractivity (Wildman–Crippen MR) is 77.5 cm³/mol. The average Bonchev–Trinajstić information content (AvgIpc) is 2.44. The largest absolute Gasteiger partial charge is 0.501 e. The lowest BCUT2D eigenvalue weighted by atomic mass is 10.1. The van der Waals surface area contributed by atoms with Crippen molar-refractivity contribution in [1.29, 1.82) is 0 Å². The van der Waals surface area contributed by atoms with E-state index in [1.54, 1.807) is 26.2 Å². The second-order valence-electron chi connectivity index (χ2n) is 4.05. The van der Waals surface area contributed by atoms with Crippen LogP contribution in [0.2, 0.25) is 5.02 Å². The summed E-state index contributed by atoms with van der Waals surface area (Å²) in [5.41, 5.74) is 0.962. The zero-order valence-electron chi connectivity index (χ0n) is 11.9. The first kappa shape index (κ1) is 16.5. The summed E-state index contributed by atoms with van der Waals surface area (Å²) in [7, 11) is 3.12. The van der Waals surface area contributed by atoms with Crippen molar-refractivity contribution >= 4 is 17.6 Å². The zero-order chi connectivity index (χ0) is 15.0. The third kappa shape index (κ3) is 5.23. The molecule has 0 spiro atoms. The highest BCUT2D eigenvalue weighted by Gasteiger charge is 2.14. The second kappa shape index (κ2) is 8.61. The quantitative estimate of drug-likeness (QED) is 0.439. The molecule has 1 aromatic carbocycles. The number of carbonyl (C=O) groups excluding carboxylic acids is 1. The van der Waals surface area contributed by atoms with E-state index >= 15 is 0 Å². The Labute approximate surface area is 124 Å². The van der Waals surface area contributed by atoms with Crippen LogP contribution in [0.15, 0.2) is 36.1 Å². The van der Waals surface area contributed by atoms with Gasteiger partial charge in [0.15, 0.2) is 0 Å². The van der Waals surface area contributed by atoms with Crippen molar-refractivity contribution in [2.45, 2.75) is 19.4 Å². The molecule has 0 bridgehead atoms. The van der Waals surface area contributed by atoms with Crippen LogP contribution in [0.3, 0.4) is 0 Å². The van der Waals surface area contributed by atoms with Gasteiger partial charge in [-0.25, -0.2) is 4.79 Å². The maximum absolute atomic E-state index is 11.4. The summed E-state index contributed by atoms with van der Waals surface area (Å²) >= 11 is 5.86. The molecule has 0 saturated carbocycles. The van der Waals surface area contributed by atoms with Gasteiger partial charge in [0.1, 0.15) is 5.76 Å². The van der Waals surface area contributed by atoms with E-state index in [4.69, 9.17) is 25.8 Å². The van der Waals surface area contributed by atoms with Crippen molar-refractivity contribution in [1.82, 2.24) is 0 Å². The molecule has 1 atom stereocenters. The minimum absolute atomic E-state index is 0.215. The first-order valence-electron chi connectivity index (χ1n) is 6.30. The third-order valence-electron chi connectivity index (χ3n) is 2.74. The van der Waals surface area contributed by atoms with Gasteiger partial charge in [-0.3, -0.25) is 0 Å². The van der Waals surface area contributed by atoms with Gasteiger partial charge >= 0.3 is 5.97 Å². The van der Waals surface area contributed by atoms with E-state index in [1.165, 1.54) is 13.2 Å². The van der Waals surface area contributed by atoms with Crippen molar-refractivity contribution in [2.24, 2.45) is 0 Å². The van der Waals surface area contributed by atoms with Crippen LogP contribution in [0.1, 0.15) is 25.0 Å². The number of hydrogen-bond donors (Lipinski definition) is 0. The Balaban J connectivity index is 2.80. The molecular formula is C15H19ClO4. The number of benzene rings is 1. The van der Waals surface area contributed by atoms with Crippen LogP contribution in [0.4, 0.5) is 0 Å². The Bertz CT molecular complexity index is 453. The van der Waals surface area contributed by atoms with Crippen molar-refractivity contribution in [3.63, 3.8) is 0 Å². The predicted octanol–water partition coefficient (Wildman–Crippen LogP) is 3.51. The van der Waals surface area contributed by atoms with Crippen LogP contribution >= 0.6 is 11.6 Å². The van der Waals surface area contributed by atoms with Gasteiger partial charge in [0.25, 0.3) is 0 Å². The fourth-order valence-electron chi connectivity index (χ4n) is 1.71.